The molecular formula is C18H14N4O5S. The normalized spacial score (nSPS) is 10.5. The molecule has 0 aliphatic carbocycles. The lowest BCUT2D eigenvalue weighted by Gasteiger charge is -2.09. The van der Waals surface area contributed by atoms with Crippen LogP contribution in [0.15, 0.2) is 41.8 Å². The average Bonchev–Trinajstić information content (AvgIpc) is 3.08. The molecule has 0 fully saturated rings. The molecule has 0 unspecified atom stereocenters. The number of carbonyl (C=O) groups excluding carboxylic acids is 1. The summed E-state index contributed by atoms with van der Waals surface area (Å²) >= 11 is 1.53. The summed E-state index contributed by atoms with van der Waals surface area (Å²) < 4.78 is 0. The van der Waals surface area contributed by atoms with Crippen molar-refractivity contribution in [3.8, 4) is 11.3 Å². The van der Waals surface area contributed by atoms with E-state index in [2.05, 4.69) is 10.3 Å². The Morgan fingerprint density at radius 3 is 2.29 bits per heavy atom. The van der Waals surface area contributed by atoms with E-state index in [1.807, 2.05) is 12.3 Å². The summed E-state index contributed by atoms with van der Waals surface area (Å²) in [7, 11) is 0. The molecule has 3 aromatic rings. The van der Waals surface area contributed by atoms with Crippen molar-refractivity contribution in [3.63, 3.8) is 0 Å². The van der Waals surface area contributed by atoms with Gasteiger partial charge in [0.2, 0.25) is 0 Å². The predicted octanol–water partition coefficient (Wildman–Crippen LogP) is 4.50. The molecule has 0 radical (unpaired) electrons. The lowest BCUT2D eigenvalue weighted by molar-refractivity contribution is -0.394. The molecule has 2 aromatic carbocycles. The van der Waals surface area contributed by atoms with Crippen LogP contribution in [0, 0.1) is 34.1 Å². The van der Waals surface area contributed by atoms with Crippen molar-refractivity contribution in [3.05, 3.63) is 78.1 Å². The molecule has 0 spiro atoms. The molecule has 3 rings (SSSR count). The highest BCUT2D eigenvalue weighted by atomic mass is 32.1. The fourth-order valence-electron chi connectivity index (χ4n) is 2.63. The third kappa shape index (κ3) is 3.86. The molecule has 9 nitrogen and oxygen atoms in total. The highest BCUT2D eigenvalue weighted by Crippen LogP contribution is 2.29. The molecule has 0 saturated carbocycles. The third-order valence-electron chi connectivity index (χ3n) is 4.07. The van der Waals surface area contributed by atoms with E-state index in [0.29, 0.717) is 5.69 Å². The minimum atomic E-state index is -0.770. The molecule has 1 heterocycles. The number of amides is 1. The van der Waals surface area contributed by atoms with E-state index >= 15 is 0 Å². The second-order valence-electron chi connectivity index (χ2n) is 5.93. The van der Waals surface area contributed by atoms with E-state index in [4.69, 9.17) is 0 Å². The van der Waals surface area contributed by atoms with Crippen LogP contribution in [0.4, 0.5) is 17.1 Å². The maximum Gasteiger partial charge on any atom is 0.279 e. The van der Waals surface area contributed by atoms with Crippen LogP contribution in [0.3, 0.4) is 0 Å². The predicted molar refractivity (Wildman–Crippen MR) is 105 cm³/mol. The summed E-state index contributed by atoms with van der Waals surface area (Å²) in [6.07, 6.45) is 0. The largest absolute Gasteiger partial charge is 0.322 e. The summed E-state index contributed by atoms with van der Waals surface area (Å²) in [4.78, 5) is 37.6. The first-order chi connectivity index (χ1) is 13.3. The van der Waals surface area contributed by atoms with Gasteiger partial charge in [0.25, 0.3) is 17.3 Å². The van der Waals surface area contributed by atoms with E-state index < -0.39 is 27.1 Å². The molecular weight excluding hydrogens is 384 g/mol. The monoisotopic (exact) mass is 398 g/mol. The van der Waals surface area contributed by atoms with Gasteiger partial charge >= 0.3 is 0 Å². The number of nitro groups is 2. The molecule has 1 aromatic heterocycles. The lowest BCUT2D eigenvalue weighted by atomic mass is 10.0. The molecule has 0 bridgehead atoms. The van der Waals surface area contributed by atoms with Crippen molar-refractivity contribution < 1.29 is 14.6 Å². The van der Waals surface area contributed by atoms with E-state index in [9.17, 15) is 25.0 Å². The Morgan fingerprint density at radius 2 is 1.75 bits per heavy atom. The second-order valence-corrected chi connectivity index (χ2v) is 7.00. The van der Waals surface area contributed by atoms with Gasteiger partial charge in [-0.15, -0.1) is 11.3 Å². The number of nitrogens with one attached hydrogen (secondary N) is 1. The third-order valence-corrected chi connectivity index (χ3v) is 4.85. The van der Waals surface area contributed by atoms with Gasteiger partial charge in [-0.05, 0) is 26.0 Å². The highest BCUT2D eigenvalue weighted by Gasteiger charge is 2.24. The zero-order chi connectivity index (χ0) is 20.4. The summed E-state index contributed by atoms with van der Waals surface area (Å²) in [5, 5.41) is 27.7. The average molecular weight is 398 g/mol. The minimum Gasteiger partial charge on any atom is -0.322 e. The van der Waals surface area contributed by atoms with Crippen LogP contribution >= 0.6 is 11.3 Å². The number of thiazole rings is 1. The van der Waals surface area contributed by atoms with Crippen molar-refractivity contribution in [2.24, 2.45) is 0 Å². The van der Waals surface area contributed by atoms with Gasteiger partial charge in [0, 0.05) is 28.3 Å². The first-order valence-electron chi connectivity index (χ1n) is 8.03. The fourth-order valence-corrected chi connectivity index (χ4v) is 3.26. The van der Waals surface area contributed by atoms with Crippen molar-refractivity contribution in [1.29, 1.82) is 0 Å². The SMILES string of the molecule is Cc1nc(-c2ccc(NC(=O)c3cc([N+](=O)[O-])cc([N+](=O)[O-])c3C)cc2)cs1. The van der Waals surface area contributed by atoms with Gasteiger partial charge in [-0.1, -0.05) is 12.1 Å². The van der Waals surface area contributed by atoms with E-state index in [1.54, 1.807) is 24.3 Å². The second kappa shape index (κ2) is 7.53. The van der Waals surface area contributed by atoms with Crippen LogP contribution in [-0.2, 0) is 0 Å². The Kier molecular flexibility index (Phi) is 5.14. The number of anilines is 1. The van der Waals surface area contributed by atoms with Crippen molar-refractivity contribution >= 4 is 34.3 Å². The van der Waals surface area contributed by atoms with Gasteiger partial charge in [-0.3, -0.25) is 25.0 Å². The Morgan fingerprint density at radius 1 is 1.07 bits per heavy atom. The standard InChI is InChI=1S/C18H14N4O5S/c1-10-15(7-14(21(24)25)8-17(10)22(26)27)18(23)20-13-5-3-12(4-6-13)16-9-28-11(2)19-16/h3-9H,1-2H3,(H,20,23). The van der Waals surface area contributed by atoms with Crippen molar-refractivity contribution in [2.75, 3.05) is 5.32 Å². The van der Waals surface area contributed by atoms with Gasteiger partial charge in [-0.25, -0.2) is 4.98 Å². The van der Waals surface area contributed by atoms with Crippen LogP contribution in [-0.4, -0.2) is 20.7 Å². The summed E-state index contributed by atoms with van der Waals surface area (Å²) in [6.45, 7) is 3.29. The lowest BCUT2D eigenvalue weighted by Crippen LogP contribution is -2.14. The molecule has 142 valence electrons. The van der Waals surface area contributed by atoms with Gasteiger partial charge in [0.05, 0.1) is 32.2 Å². The van der Waals surface area contributed by atoms with Crippen LogP contribution in [0.25, 0.3) is 11.3 Å². The number of non-ortho nitro benzene ring substituents is 1. The first-order valence-corrected chi connectivity index (χ1v) is 8.91. The summed E-state index contributed by atoms with van der Waals surface area (Å²) in [5.41, 5.74) is 1.09. The molecule has 0 aliphatic rings. The van der Waals surface area contributed by atoms with Gasteiger partial charge < -0.3 is 5.32 Å². The number of hydrogen-bond acceptors (Lipinski definition) is 7. The maximum atomic E-state index is 12.6. The van der Waals surface area contributed by atoms with E-state index in [-0.39, 0.29) is 11.1 Å². The topological polar surface area (TPSA) is 128 Å². The smallest absolute Gasteiger partial charge is 0.279 e. The number of aromatic nitrogens is 1. The Labute approximate surface area is 163 Å². The number of carbonyl (C=O) groups is 1. The van der Waals surface area contributed by atoms with Crippen molar-refractivity contribution in [2.45, 2.75) is 13.8 Å². The number of benzene rings is 2. The Balaban J connectivity index is 1.88. The number of nitrogens with zero attached hydrogens (tertiary/aromatic N) is 3. The van der Waals surface area contributed by atoms with Crippen LogP contribution < -0.4 is 5.32 Å². The molecule has 28 heavy (non-hydrogen) atoms. The molecule has 10 heteroatoms. The van der Waals surface area contributed by atoms with E-state index in [1.165, 1.54) is 18.3 Å². The van der Waals surface area contributed by atoms with Gasteiger partial charge in [-0.2, -0.15) is 0 Å². The quantitative estimate of drug-likeness (QED) is 0.498. The zero-order valence-corrected chi connectivity index (χ0v) is 15.6. The minimum absolute atomic E-state index is 0.0580. The van der Waals surface area contributed by atoms with Crippen molar-refractivity contribution in [1.82, 2.24) is 4.98 Å². The molecule has 0 atom stereocenters. The van der Waals surface area contributed by atoms with Crippen LogP contribution in [0.5, 0.6) is 0 Å². The van der Waals surface area contributed by atoms with E-state index in [0.717, 1.165) is 28.4 Å². The molecule has 1 amide bonds. The number of rotatable bonds is 5. The van der Waals surface area contributed by atoms with Gasteiger partial charge in [0.15, 0.2) is 0 Å². The van der Waals surface area contributed by atoms with Gasteiger partial charge in [0.1, 0.15) is 0 Å². The number of aryl methyl sites for hydroxylation is 1. The summed E-state index contributed by atoms with van der Waals surface area (Å²) in [6, 6.07) is 8.78. The Bertz CT molecular complexity index is 1090. The molecule has 0 aliphatic heterocycles. The number of nitro benzene ring substituents is 2. The molecule has 0 saturated heterocycles. The van der Waals surface area contributed by atoms with Crippen LogP contribution in [0.2, 0.25) is 0 Å². The Hall–Kier alpha value is -3.66. The number of hydrogen-bond donors (Lipinski definition) is 1. The highest BCUT2D eigenvalue weighted by molar-refractivity contribution is 7.09. The zero-order valence-electron chi connectivity index (χ0n) is 14.8. The summed E-state index contributed by atoms with van der Waals surface area (Å²) in [5.74, 6) is -0.665. The fraction of sp³-hybridized carbons (Fsp3) is 0.111. The first kappa shape index (κ1) is 19.1. The maximum absolute atomic E-state index is 12.6. The molecule has 1 N–H and O–H groups in total. The van der Waals surface area contributed by atoms with Crippen LogP contribution in [0.1, 0.15) is 20.9 Å².